The first-order valence-electron chi connectivity index (χ1n) is 4.59. The quantitative estimate of drug-likeness (QED) is 0.382. The summed E-state index contributed by atoms with van der Waals surface area (Å²) in [5.41, 5.74) is 0. The fourth-order valence-electron chi connectivity index (χ4n) is 0.535. The highest BCUT2D eigenvalue weighted by molar-refractivity contribution is 5.81. The van der Waals surface area contributed by atoms with Crippen molar-refractivity contribution < 1.29 is 14.3 Å². The minimum Gasteiger partial charge on any atom is -0.460 e. The minimum atomic E-state index is -0.410. The molecule has 13 heavy (non-hydrogen) atoms. The van der Waals surface area contributed by atoms with E-state index < -0.39 is 5.97 Å². The Hall–Kier alpha value is -0.830. The molecule has 0 radical (unpaired) electrons. The molecule has 1 aliphatic rings. The predicted octanol–water partition coefficient (Wildman–Crippen LogP) is 1.92. The lowest BCUT2D eigenvalue weighted by Crippen LogP contribution is -2.06. The lowest BCUT2D eigenvalue weighted by molar-refractivity contribution is -0.138. The molecule has 3 heteroatoms. The molecule has 0 aromatic rings. The summed E-state index contributed by atoms with van der Waals surface area (Å²) in [6, 6.07) is 0. The molecule has 0 bridgehead atoms. The molecule has 0 aliphatic heterocycles. The van der Waals surface area contributed by atoms with Crippen molar-refractivity contribution in [3.63, 3.8) is 0 Å². The van der Waals surface area contributed by atoms with Gasteiger partial charge in [-0.15, -0.1) is 0 Å². The van der Waals surface area contributed by atoms with E-state index in [0.29, 0.717) is 13.2 Å². The molecular formula is C10H18O3. The van der Waals surface area contributed by atoms with E-state index in [0.717, 1.165) is 6.08 Å². The van der Waals surface area contributed by atoms with E-state index in [1.54, 1.807) is 7.11 Å². The Bertz CT molecular complexity index is 135. The van der Waals surface area contributed by atoms with Crippen LogP contribution in [0.1, 0.15) is 25.7 Å². The number of carbonyl (C=O) groups excluding carboxylic acids is 1. The Morgan fingerprint density at radius 2 is 1.85 bits per heavy atom. The second-order valence-corrected chi connectivity index (χ2v) is 2.78. The molecule has 0 saturated heterocycles. The van der Waals surface area contributed by atoms with E-state index in [-0.39, 0.29) is 0 Å². The van der Waals surface area contributed by atoms with Crippen molar-refractivity contribution in [1.29, 1.82) is 0 Å². The maximum atomic E-state index is 10.3. The second kappa shape index (κ2) is 9.26. The third-order valence-corrected chi connectivity index (χ3v) is 1.70. The summed E-state index contributed by atoms with van der Waals surface area (Å²) in [7, 11) is 1.54. The van der Waals surface area contributed by atoms with E-state index in [1.807, 2.05) is 0 Å². The molecule has 0 amide bonds. The molecule has 0 unspecified atom stereocenters. The number of carbonyl (C=O) groups is 1. The first kappa shape index (κ1) is 12.2. The second-order valence-electron chi connectivity index (χ2n) is 2.78. The van der Waals surface area contributed by atoms with Gasteiger partial charge in [-0.3, -0.25) is 0 Å². The zero-order valence-electron chi connectivity index (χ0n) is 8.25. The number of hydrogen-bond acceptors (Lipinski definition) is 3. The van der Waals surface area contributed by atoms with Gasteiger partial charge in [-0.1, -0.05) is 32.3 Å². The zero-order valence-corrected chi connectivity index (χ0v) is 8.25. The molecule has 1 fully saturated rings. The van der Waals surface area contributed by atoms with Crippen LogP contribution < -0.4 is 0 Å². The van der Waals surface area contributed by atoms with Crippen LogP contribution in [0.25, 0.3) is 0 Å². The van der Waals surface area contributed by atoms with Gasteiger partial charge in [0.1, 0.15) is 6.61 Å². The van der Waals surface area contributed by atoms with Crippen LogP contribution >= 0.6 is 0 Å². The maximum absolute atomic E-state index is 10.3. The largest absolute Gasteiger partial charge is 0.460 e. The third-order valence-electron chi connectivity index (χ3n) is 1.70. The van der Waals surface area contributed by atoms with Gasteiger partial charge in [-0.25, -0.2) is 4.79 Å². The van der Waals surface area contributed by atoms with Gasteiger partial charge in [0.25, 0.3) is 0 Å². The first-order chi connectivity index (χ1) is 6.31. The highest BCUT2D eigenvalue weighted by Gasteiger charge is 1.95. The van der Waals surface area contributed by atoms with Crippen molar-refractivity contribution in [3.05, 3.63) is 12.7 Å². The maximum Gasteiger partial charge on any atom is 0.330 e. The molecule has 0 N–H and O–H groups in total. The summed E-state index contributed by atoms with van der Waals surface area (Å²) >= 11 is 0. The van der Waals surface area contributed by atoms with Crippen LogP contribution in [-0.2, 0) is 14.3 Å². The normalized spacial score (nSPS) is 13.3. The highest BCUT2D eigenvalue weighted by atomic mass is 16.6. The predicted molar refractivity (Wildman–Crippen MR) is 51.5 cm³/mol. The van der Waals surface area contributed by atoms with E-state index in [2.05, 4.69) is 16.1 Å². The van der Waals surface area contributed by atoms with Gasteiger partial charge in [0.05, 0.1) is 6.61 Å². The number of esters is 1. The van der Waals surface area contributed by atoms with Gasteiger partial charge in [0, 0.05) is 13.2 Å². The molecule has 0 spiro atoms. The third kappa shape index (κ3) is 9.08. The van der Waals surface area contributed by atoms with Crippen LogP contribution in [0.5, 0.6) is 0 Å². The summed E-state index contributed by atoms with van der Waals surface area (Å²) in [6.45, 7) is 3.95. The number of hydrogen-bond donors (Lipinski definition) is 0. The van der Waals surface area contributed by atoms with Crippen LogP contribution in [0.4, 0.5) is 0 Å². The van der Waals surface area contributed by atoms with Crippen molar-refractivity contribution in [2.45, 2.75) is 25.7 Å². The van der Waals surface area contributed by atoms with E-state index in [4.69, 9.17) is 0 Å². The zero-order chi connectivity index (χ0) is 9.94. The number of ether oxygens (including phenoxy) is 2. The summed E-state index contributed by atoms with van der Waals surface area (Å²) in [4.78, 5) is 10.3. The van der Waals surface area contributed by atoms with Crippen molar-refractivity contribution in [1.82, 2.24) is 0 Å². The first-order valence-corrected chi connectivity index (χ1v) is 4.59. The Labute approximate surface area is 79.7 Å². The summed E-state index contributed by atoms with van der Waals surface area (Å²) in [6.07, 6.45) is 7.12. The van der Waals surface area contributed by atoms with Crippen LogP contribution in [0.2, 0.25) is 0 Å². The lowest BCUT2D eigenvalue weighted by atomic mass is 10.0. The molecule has 0 heterocycles. The monoisotopic (exact) mass is 186 g/mol. The number of rotatable bonds is 4. The van der Waals surface area contributed by atoms with Gasteiger partial charge < -0.3 is 9.47 Å². The SMILES string of the molecule is C1CCC1.C=CC(=O)OCCOC. The molecule has 0 aromatic carbocycles. The van der Waals surface area contributed by atoms with Crippen molar-refractivity contribution in [3.8, 4) is 0 Å². The van der Waals surface area contributed by atoms with Gasteiger partial charge in [-0.05, 0) is 0 Å². The Morgan fingerprint density at radius 1 is 1.31 bits per heavy atom. The fourth-order valence-corrected chi connectivity index (χ4v) is 0.535. The average Bonchev–Trinajstić information content (AvgIpc) is 2.01. The Balaban J connectivity index is 0.000000293. The van der Waals surface area contributed by atoms with Crippen LogP contribution in [0, 0.1) is 0 Å². The highest BCUT2D eigenvalue weighted by Crippen LogP contribution is 2.15. The fraction of sp³-hybridized carbons (Fsp3) is 0.700. The molecule has 1 aliphatic carbocycles. The van der Waals surface area contributed by atoms with Crippen LogP contribution in [-0.4, -0.2) is 26.3 Å². The standard InChI is InChI=1S/C6H10O3.C4H8/c1-3-6(7)9-5-4-8-2;1-2-4-3-1/h3H,1,4-5H2,2H3;1-4H2. The number of methoxy groups -OCH3 is 1. The summed E-state index contributed by atoms with van der Waals surface area (Å²) in [5, 5.41) is 0. The van der Waals surface area contributed by atoms with Crippen LogP contribution in [0.3, 0.4) is 0 Å². The van der Waals surface area contributed by atoms with Gasteiger partial charge >= 0.3 is 5.97 Å². The van der Waals surface area contributed by atoms with Crippen molar-refractivity contribution in [2.75, 3.05) is 20.3 Å². The van der Waals surface area contributed by atoms with E-state index >= 15 is 0 Å². The van der Waals surface area contributed by atoms with E-state index in [1.165, 1.54) is 25.7 Å². The molecular weight excluding hydrogens is 168 g/mol. The molecule has 0 aromatic heterocycles. The van der Waals surface area contributed by atoms with Crippen molar-refractivity contribution in [2.24, 2.45) is 0 Å². The topological polar surface area (TPSA) is 35.5 Å². The van der Waals surface area contributed by atoms with Gasteiger partial charge in [0.2, 0.25) is 0 Å². The summed E-state index contributed by atoms with van der Waals surface area (Å²) < 4.78 is 9.17. The molecule has 3 nitrogen and oxygen atoms in total. The Kier molecular flexibility index (Phi) is 8.67. The molecule has 0 atom stereocenters. The van der Waals surface area contributed by atoms with Crippen molar-refractivity contribution >= 4 is 5.97 Å². The van der Waals surface area contributed by atoms with Gasteiger partial charge in [-0.2, -0.15) is 0 Å². The van der Waals surface area contributed by atoms with Crippen LogP contribution in [0.15, 0.2) is 12.7 Å². The average molecular weight is 186 g/mol. The lowest BCUT2D eigenvalue weighted by Gasteiger charge is -2.05. The summed E-state index contributed by atoms with van der Waals surface area (Å²) in [5.74, 6) is -0.410. The Morgan fingerprint density at radius 3 is 2.15 bits per heavy atom. The molecule has 76 valence electrons. The molecule has 1 rings (SSSR count). The molecule has 1 saturated carbocycles. The van der Waals surface area contributed by atoms with E-state index in [9.17, 15) is 4.79 Å². The minimum absolute atomic E-state index is 0.293. The van der Waals surface area contributed by atoms with Gasteiger partial charge in [0.15, 0.2) is 0 Å². The smallest absolute Gasteiger partial charge is 0.330 e.